The zero-order valence-electron chi connectivity index (χ0n) is 10.5. The van der Waals surface area contributed by atoms with E-state index < -0.39 is 0 Å². The minimum absolute atomic E-state index is 0.409. The molecule has 96 valence electrons. The molecule has 0 aliphatic heterocycles. The van der Waals surface area contributed by atoms with Gasteiger partial charge in [-0.25, -0.2) is 4.68 Å². The van der Waals surface area contributed by atoms with Crippen molar-refractivity contribution in [2.24, 2.45) is 0 Å². The van der Waals surface area contributed by atoms with Gasteiger partial charge in [0.1, 0.15) is 6.07 Å². The van der Waals surface area contributed by atoms with E-state index in [0.29, 0.717) is 5.69 Å². The SMILES string of the molecule is N#Cc1cc(-c2ccc(Br)cc2)n(-c2ccccc2)n1. The van der Waals surface area contributed by atoms with Gasteiger partial charge in [-0.3, -0.25) is 0 Å². The maximum Gasteiger partial charge on any atom is 0.163 e. The normalized spacial score (nSPS) is 10.2. The van der Waals surface area contributed by atoms with Gasteiger partial charge < -0.3 is 0 Å². The average molecular weight is 324 g/mol. The summed E-state index contributed by atoms with van der Waals surface area (Å²) in [4.78, 5) is 0. The fourth-order valence-electron chi connectivity index (χ4n) is 2.03. The third kappa shape index (κ3) is 2.36. The van der Waals surface area contributed by atoms with E-state index >= 15 is 0 Å². The van der Waals surface area contributed by atoms with Crippen LogP contribution in [0.5, 0.6) is 0 Å². The lowest BCUT2D eigenvalue weighted by molar-refractivity contribution is 0.880. The summed E-state index contributed by atoms with van der Waals surface area (Å²) in [5.41, 5.74) is 3.27. The second-order valence-corrected chi connectivity index (χ2v) is 5.20. The fraction of sp³-hybridized carbons (Fsp3) is 0. The lowest BCUT2D eigenvalue weighted by Gasteiger charge is -2.07. The molecule has 1 aromatic heterocycles. The van der Waals surface area contributed by atoms with Gasteiger partial charge in [-0.2, -0.15) is 10.4 Å². The molecule has 3 aromatic rings. The van der Waals surface area contributed by atoms with Crippen LogP contribution in [0.4, 0.5) is 0 Å². The Balaban J connectivity index is 2.18. The zero-order valence-corrected chi connectivity index (χ0v) is 12.1. The summed E-state index contributed by atoms with van der Waals surface area (Å²) in [6.07, 6.45) is 0. The van der Waals surface area contributed by atoms with Crippen LogP contribution in [0.2, 0.25) is 0 Å². The first-order valence-corrected chi connectivity index (χ1v) is 6.89. The minimum atomic E-state index is 0.409. The molecule has 0 bridgehead atoms. The van der Waals surface area contributed by atoms with Crippen molar-refractivity contribution in [1.29, 1.82) is 5.26 Å². The monoisotopic (exact) mass is 323 g/mol. The highest BCUT2D eigenvalue weighted by Gasteiger charge is 2.11. The van der Waals surface area contributed by atoms with E-state index in [1.165, 1.54) is 0 Å². The molecule has 0 aliphatic rings. The number of hydrogen-bond acceptors (Lipinski definition) is 2. The van der Waals surface area contributed by atoms with Crippen LogP contribution >= 0.6 is 15.9 Å². The molecule has 0 saturated carbocycles. The van der Waals surface area contributed by atoms with E-state index in [2.05, 4.69) is 27.1 Å². The van der Waals surface area contributed by atoms with Crippen molar-refractivity contribution in [1.82, 2.24) is 9.78 Å². The molecule has 1 heterocycles. The van der Waals surface area contributed by atoms with Crippen LogP contribution in [0.1, 0.15) is 5.69 Å². The Morgan fingerprint density at radius 2 is 1.70 bits per heavy atom. The van der Waals surface area contributed by atoms with Gasteiger partial charge >= 0.3 is 0 Å². The molecule has 0 N–H and O–H groups in total. The molecule has 3 rings (SSSR count). The maximum atomic E-state index is 9.08. The lowest BCUT2D eigenvalue weighted by Crippen LogP contribution is -1.98. The summed E-state index contributed by atoms with van der Waals surface area (Å²) in [6, 6.07) is 21.7. The molecule has 0 saturated heterocycles. The predicted octanol–water partition coefficient (Wildman–Crippen LogP) is 4.17. The first kappa shape index (κ1) is 12.6. The lowest BCUT2D eigenvalue weighted by atomic mass is 10.1. The number of benzene rings is 2. The molecule has 0 fully saturated rings. The van der Waals surface area contributed by atoms with Gasteiger partial charge in [0.05, 0.1) is 11.4 Å². The number of hydrogen-bond donors (Lipinski definition) is 0. The third-order valence-corrected chi connectivity index (χ3v) is 3.49. The summed E-state index contributed by atoms with van der Waals surface area (Å²) >= 11 is 3.43. The van der Waals surface area contributed by atoms with Crippen LogP contribution in [-0.4, -0.2) is 9.78 Å². The highest BCUT2D eigenvalue weighted by atomic mass is 79.9. The van der Waals surface area contributed by atoms with E-state index in [9.17, 15) is 0 Å². The van der Waals surface area contributed by atoms with Gasteiger partial charge in [0, 0.05) is 16.1 Å². The Hall–Kier alpha value is -2.38. The maximum absolute atomic E-state index is 9.08. The van der Waals surface area contributed by atoms with Crippen molar-refractivity contribution in [2.45, 2.75) is 0 Å². The van der Waals surface area contributed by atoms with E-state index in [-0.39, 0.29) is 0 Å². The Morgan fingerprint density at radius 3 is 2.35 bits per heavy atom. The zero-order chi connectivity index (χ0) is 13.9. The number of aromatic nitrogens is 2. The number of nitrogens with zero attached hydrogens (tertiary/aromatic N) is 3. The number of nitriles is 1. The van der Waals surface area contributed by atoms with Crippen molar-refractivity contribution in [2.75, 3.05) is 0 Å². The summed E-state index contributed by atoms with van der Waals surface area (Å²) in [5.74, 6) is 0. The predicted molar refractivity (Wildman–Crippen MR) is 81.4 cm³/mol. The molecule has 4 heteroatoms. The largest absolute Gasteiger partial charge is 0.232 e. The Labute approximate surface area is 125 Å². The Bertz CT molecular complexity index is 768. The van der Waals surface area contributed by atoms with Crippen LogP contribution in [0.25, 0.3) is 16.9 Å². The molecule has 0 unspecified atom stereocenters. The van der Waals surface area contributed by atoms with Gasteiger partial charge in [-0.05, 0) is 24.3 Å². The van der Waals surface area contributed by atoms with Gasteiger partial charge in [0.2, 0.25) is 0 Å². The first-order chi connectivity index (χ1) is 9.78. The molecule has 0 radical (unpaired) electrons. The molecule has 0 atom stereocenters. The minimum Gasteiger partial charge on any atom is -0.232 e. The molecular weight excluding hydrogens is 314 g/mol. The Morgan fingerprint density at radius 1 is 1.00 bits per heavy atom. The van der Waals surface area contributed by atoms with Crippen LogP contribution in [0, 0.1) is 11.3 Å². The second kappa shape index (κ2) is 5.32. The number of para-hydroxylation sites is 1. The standard InChI is InChI=1S/C16H10BrN3/c17-13-8-6-12(7-9-13)16-10-14(11-18)19-20(16)15-4-2-1-3-5-15/h1-10H. The highest BCUT2D eigenvalue weighted by Crippen LogP contribution is 2.25. The Kier molecular flexibility index (Phi) is 3.36. The van der Waals surface area contributed by atoms with Crippen molar-refractivity contribution in [3.05, 3.63) is 70.8 Å². The molecule has 20 heavy (non-hydrogen) atoms. The highest BCUT2D eigenvalue weighted by molar-refractivity contribution is 9.10. The quantitative estimate of drug-likeness (QED) is 0.710. The number of halogens is 1. The van der Waals surface area contributed by atoms with Gasteiger partial charge in [0.25, 0.3) is 0 Å². The van der Waals surface area contributed by atoms with E-state index in [4.69, 9.17) is 5.26 Å². The van der Waals surface area contributed by atoms with E-state index in [1.807, 2.05) is 54.6 Å². The van der Waals surface area contributed by atoms with Crippen LogP contribution < -0.4 is 0 Å². The van der Waals surface area contributed by atoms with Crippen LogP contribution in [0.15, 0.2) is 65.1 Å². The summed E-state index contributed by atoms with van der Waals surface area (Å²) < 4.78 is 2.81. The summed E-state index contributed by atoms with van der Waals surface area (Å²) in [6.45, 7) is 0. The topological polar surface area (TPSA) is 41.6 Å². The molecule has 0 amide bonds. The van der Waals surface area contributed by atoms with Crippen molar-refractivity contribution in [3.63, 3.8) is 0 Å². The molecule has 3 nitrogen and oxygen atoms in total. The van der Waals surface area contributed by atoms with E-state index in [1.54, 1.807) is 10.7 Å². The van der Waals surface area contributed by atoms with Crippen LogP contribution in [-0.2, 0) is 0 Å². The van der Waals surface area contributed by atoms with Gasteiger partial charge in [-0.15, -0.1) is 0 Å². The summed E-state index contributed by atoms with van der Waals surface area (Å²) in [5, 5.41) is 13.4. The smallest absolute Gasteiger partial charge is 0.163 e. The van der Waals surface area contributed by atoms with Gasteiger partial charge in [0.15, 0.2) is 5.69 Å². The van der Waals surface area contributed by atoms with Gasteiger partial charge in [-0.1, -0.05) is 46.3 Å². The third-order valence-electron chi connectivity index (χ3n) is 2.96. The first-order valence-electron chi connectivity index (χ1n) is 6.09. The molecular formula is C16H10BrN3. The summed E-state index contributed by atoms with van der Waals surface area (Å²) in [7, 11) is 0. The number of rotatable bonds is 2. The van der Waals surface area contributed by atoms with Crippen LogP contribution in [0.3, 0.4) is 0 Å². The second-order valence-electron chi connectivity index (χ2n) is 4.28. The average Bonchev–Trinajstić information content (AvgIpc) is 2.93. The van der Waals surface area contributed by atoms with E-state index in [0.717, 1.165) is 21.4 Å². The van der Waals surface area contributed by atoms with Crippen molar-refractivity contribution < 1.29 is 0 Å². The molecule has 0 spiro atoms. The van der Waals surface area contributed by atoms with Crippen molar-refractivity contribution in [3.8, 4) is 23.0 Å². The molecule has 0 aliphatic carbocycles. The fourth-order valence-corrected chi connectivity index (χ4v) is 2.29. The van der Waals surface area contributed by atoms with Crippen molar-refractivity contribution >= 4 is 15.9 Å². The molecule has 2 aromatic carbocycles.